The summed E-state index contributed by atoms with van der Waals surface area (Å²) < 4.78 is 44.0. The Bertz CT molecular complexity index is 1170. The van der Waals surface area contributed by atoms with Crippen molar-refractivity contribution in [2.75, 3.05) is 12.0 Å². The zero-order valence-corrected chi connectivity index (χ0v) is 15.3. The summed E-state index contributed by atoms with van der Waals surface area (Å²) >= 11 is 0. The van der Waals surface area contributed by atoms with Crippen LogP contribution in [0.3, 0.4) is 0 Å². The number of anilines is 1. The maximum Gasteiger partial charge on any atom is 0.416 e. The Hall–Kier alpha value is -4.06. The van der Waals surface area contributed by atoms with Crippen LogP contribution in [0.2, 0.25) is 0 Å². The van der Waals surface area contributed by atoms with E-state index in [1.807, 2.05) is 30.3 Å². The van der Waals surface area contributed by atoms with Gasteiger partial charge in [-0.25, -0.2) is 0 Å². The lowest BCUT2D eigenvalue weighted by atomic mass is 10.0. The first-order valence-corrected chi connectivity index (χ1v) is 8.54. The number of alkyl halides is 3. The number of ether oxygens (including phenoxy) is 1. The minimum atomic E-state index is -4.70. The molecule has 0 amide bonds. The topological polar surface area (TPSA) is 76.8 Å². The fourth-order valence-electron chi connectivity index (χ4n) is 2.77. The average molecular weight is 413 g/mol. The van der Waals surface area contributed by atoms with E-state index < -0.39 is 22.4 Å². The third kappa shape index (κ3) is 4.50. The Balaban J connectivity index is 1.96. The molecule has 0 aliphatic rings. The third-order valence-electron chi connectivity index (χ3n) is 4.14. The fourth-order valence-corrected chi connectivity index (χ4v) is 2.77. The molecule has 3 rings (SSSR count). The van der Waals surface area contributed by atoms with Crippen molar-refractivity contribution in [2.24, 2.45) is 5.10 Å². The minimum Gasteiger partial charge on any atom is -0.480 e. The molecule has 1 N–H and O–H groups in total. The first kappa shape index (κ1) is 20.7. The fraction of sp³-hybridized carbons (Fsp3) is 0.0952. The number of terminal acetylenes is 1. The van der Waals surface area contributed by atoms with E-state index in [9.17, 15) is 23.3 Å². The van der Waals surface area contributed by atoms with Gasteiger partial charge in [0, 0.05) is 11.6 Å². The van der Waals surface area contributed by atoms with Gasteiger partial charge in [-0.15, -0.1) is 6.42 Å². The molecule has 0 saturated heterocycles. The van der Waals surface area contributed by atoms with E-state index >= 15 is 0 Å². The van der Waals surface area contributed by atoms with Gasteiger partial charge in [-0.05, 0) is 29.0 Å². The highest BCUT2D eigenvalue weighted by atomic mass is 19.4. The van der Waals surface area contributed by atoms with Gasteiger partial charge in [-0.3, -0.25) is 15.5 Å². The molecule has 0 spiro atoms. The predicted molar refractivity (Wildman–Crippen MR) is 108 cm³/mol. The number of fused-ring (bicyclic) bond motifs is 1. The van der Waals surface area contributed by atoms with Crippen LogP contribution in [0.5, 0.6) is 5.75 Å². The monoisotopic (exact) mass is 413 g/mol. The lowest BCUT2D eigenvalue weighted by Gasteiger charge is -2.10. The summed E-state index contributed by atoms with van der Waals surface area (Å²) in [6.07, 6.45) is 1.91. The quantitative estimate of drug-likeness (QED) is 0.260. The largest absolute Gasteiger partial charge is 0.480 e. The smallest absolute Gasteiger partial charge is 0.416 e. The van der Waals surface area contributed by atoms with E-state index in [2.05, 4.69) is 16.4 Å². The standard InChI is InChI=1S/C21H14F3N3O3/c1-2-11-30-20-10-7-14-5-3-4-6-16(14)17(20)13-25-26-18-9-8-15(21(22,23)24)12-19(18)27(28)29/h1,3-10,12-13,26H,11H2/b25-13-. The highest BCUT2D eigenvalue weighted by Crippen LogP contribution is 2.35. The van der Waals surface area contributed by atoms with Gasteiger partial charge >= 0.3 is 6.18 Å². The van der Waals surface area contributed by atoms with Gasteiger partial charge in [-0.1, -0.05) is 36.3 Å². The highest BCUT2D eigenvalue weighted by molar-refractivity contribution is 6.02. The van der Waals surface area contributed by atoms with Gasteiger partial charge in [0.25, 0.3) is 5.69 Å². The molecule has 0 unspecified atom stereocenters. The molecule has 6 nitrogen and oxygen atoms in total. The molecule has 0 aliphatic carbocycles. The van der Waals surface area contributed by atoms with Gasteiger partial charge in [-0.2, -0.15) is 18.3 Å². The second-order valence-electron chi connectivity index (χ2n) is 6.05. The maximum atomic E-state index is 12.8. The van der Waals surface area contributed by atoms with E-state index in [0.717, 1.165) is 22.9 Å². The van der Waals surface area contributed by atoms with Crippen LogP contribution < -0.4 is 10.2 Å². The Morgan fingerprint density at radius 3 is 2.67 bits per heavy atom. The van der Waals surface area contributed by atoms with Crippen molar-refractivity contribution in [3.63, 3.8) is 0 Å². The molecule has 0 atom stereocenters. The van der Waals surface area contributed by atoms with Gasteiger partial charge < -0.3 is 4.74 Å². The number of halogens is 3. The van der Waals surface area contributed by atoms with Crippen molar-refractivity contribution in [3.05, 3.63) is 75.8 Å². The summed E-state index contributed by atoms with van der Waals surface area (Å²) in [5.41, 5.74) is 0.941. The number of nitrogens with one attached hydrogen (secondary N) is 1. The number of benzene rings is 3. The van der Waals surface area contributed by atoms with Gasteiger partial charge in [0.1, 0.15) is 18.0 Å². The van der Waals surface area contributed by atoms with Crippen LogP contribution >= 0.6 is 0 Å². The first-order valence-electron chi connectivity index (χ1n) is 8.54. The van der Waals surface area contributed by atoms with Crippen molar-refractivity contribution in [2.45, 2.75) is 6.18 Å². The normalized spacial score (nSPS) is 11.4. The number of nitro benzene ring substituents is 1. The summed E-state index contributed by atoms with van der Waals surface area (Å²) in [6, 6.07) is 13.1. The summed E-state index contributed by atoms with van der Waals surface area (Å²) in [4.78, 5) is 10.3. The first-order chi connectivity index (χ1) is 14.3. The summed E-state index contributed by atoms with van der Waals surface area (Å²) in [6.45, 7) is 0.0248. The molecular weight excluding hydrogens is 399 g/mol. The molecule has 0 aliphatic heterocycles. The Kier molecular flexibility index (Phi) is 5.88. The molecule has 0 fully saturated rings. The van der Waals surface area contributed by atoms with Crippen molar-refractivity contribution in [1.29, 1.82) is 0 Å². The van der Waals surface area contributed by atoms with Crippen LogP contribution in [0.1, 0.15) is 11.1 Å². The number of nitrogens with zero attached hydrogens (tertiary/aromatic N) is 2. The van der Waals surface area contributed by atoms with E-state index in [1.54, 1.807) is 6.07 Å². The van der Waals surface area contributed by atoms with Crippen LogP contribution in [-0.4, -0.2) is 17.7 Å². The van der Waals surface area contributed by atoms with Crippen LogP contribution in [-0.2, 0) is 6.18 Å². The zero-order valence-electron chi connectivity index (χ0n) is 15.3. The van der Waals surface area contributed by atoms with Crippen molar-refractivity contribution >= 4 is 28.4 Å². The number of hydrogen-bond donors (Lipinski definition) is 1. The molecule has 152 valence electrons. The number of hydrazone groups is 1. The summed E-state index contributed by atoms with van der Waals surface area (Å²) in [5, 5.41) is 16.8. The predicted octanol–water partition coefficient (Wildman–Crippen LogP) is 5.22. The highest BCUT2D eigenvalue weighted by Gasteiger charge is 2.33. The van der Waals surface area contributed by atoms with Gasteiger partial charge in [0.2, 0.25) is 0 Å². The lowest BCUT2D eigenvalue weighted by Crippen LogP contribution is -2.07. The minimum absolute atomic E-state index is 0.0248. The van der Waals surface area contributed by atoms with Gasteiger partial charge in [0.05, 0.1) is 16.7 Å². The van der Waals surface area contributed by atoms with Crippen molar-refractivity contribution < 1.29 is 22.8 Å². The molecular formula is C21H14F3N3O3. The molecule has 30 heavy (non-hydrogen) atoms. The van der Waals surface area contributed by atoms with E-state index in [4.69, 9.17) is 11.2 Å². The second-order valence-corrected chi connectivity index (χ2v) is 6.05. The van der Waals surface area contributed by atoms with E-state index in [1.165, 1.54) is 6.21 Å². The lowest BCUT2D eigenvalue weighted by molar-refractivity contribution is -0.384. The summed E-state index contributed by atoms with van der Waals surface area (Å²) in [7, 11) is 0. The molecule has 9 heteroatoms. The summed E-state index contributed by atoms with van der Waals surface area (Å²) in [5.74, 6) is 2.81. The number of nitro groups is 1. The third-order valence-corrected chi connectivity index (χ3v) is 4.14. The van der Waals surface area contributed by atoms with Gasteiger partial charge in [0.15, 0.2) is 0 Å². The number of hydrogen-bond acceptors (Lipinski definition) is 5. The second kappa shape index (κ2) is 8.53. The average Bonchev–Trinajstić information content (AvgIpc) is 2.72. The van der Waals surface area contributed by atoms with Crippen LogP contribution in [0.4, 0.5) is 24.5 Å². The Labute approximate surface area is 169 Å². The van der Waals surface area contributed by atoms with Crippen molar-refractivity contribution in [1.82, 2.24) is 0 Å². The molecule has 0 heterocycles. The molecule has 3 aromatic carbocycles. The Morgan fingerprint density at radius 2 is 1.97 bits per heavy atom. The van der Waals surface area contributed by atoms with Crippen LogP contribution in [0, 0.1) is 22.5 Å². The number of rotatable bonds is 6. The SMILES string of the molecule is C#CCOc1ccc2ccccc2c1/C=N\Nc1ccc(C(F)(F)F)cc1[N+](=O)[O-]. The molecule has 0 radical (unpaired) electrons. The van der Waals surface area contributed by atoms with Crippen LogP contribution in [0.25, 0.3) is 10.8 Å². The van der Waals surface area contributed by atoms with E-state index in [-0.39, 0.29) is 12.3 Å². The maximum absolute atomic E-state index is 12.8. The molecule has 0 saturated carbocycles. The van der Waals surface area contributed by atoms with E-state index in [0.29, 0.717) is 17.4 Å². The molecule has 3 aromatic rings. The van der Waals surface area contributed by atoms with Crippen molar-refractivity contribution in [3.8, 4) is 18.1 Å². The van der Waals surface area contributed by atoms with Crippen LogP contribution in [0.15, 0.2) is 59.7 Å². The molecule has 0 bridgehead atoms. The Morgan fingerprint density at radius 1 is 1.20 bits per heavy atom. The molecule has 0 aromatic heterocycles. The zero-order chi connectivity index (χ0) is 21.7.